The molecule has 0 saturated heterocycles. The fourth-order valence-electron chi connectivity index (χ4n) is 2.57. The number of hydrogen-bond acceptors (Lipinski definition) is 3. The van der Waals surface area contributed by atoms with Crippen molar-refractivity contribution in [1.29, 1.82) is 5.26 Å². The van der Waals surface area contributed by atoms with Gasteiger partial charge in [0.15, 0.2) is 0 Å². The van der Waals surface area contributed by atoms with Crippen molar-refractivity contribution < 1.29 is 9.53 Å². The first-order chi connectivity index (χ1) is 11.2. The molecule has 1 heterocycles. The molecule has 114 valence electrons. The molecule has 0 saturated carbocycles. The highest BCUT2D eigenvalue weighted by atomic mass is 16.5. The molecule has 1 amide bonds. The first-order valence-corrected chi connectivity index (χ1v) is 7.43. The number of ether oxygens (including phenoxy) is 1. The Bertz CT molecular complexity index is 804. The Kier molecular flexibility index (Phi) is 4.11. The molecule has 1 aliphatic heterocycles. The fourth-order valence-corrected chi connectivity index (χ4v) is 2.57. The number of rotatable bonds is 3. The second-order valence-corrected chi connectivity index (χ2v) is 5.49. The predicted molar refractivity (Wildman–Crippen MR) is 88.9 cm³/mol. The number of nitriles is 1. The number of fused-ring (bicyclic) bond motifs is 1. The lowest BCUT2D eigenvalue weighted by Crippen LogP contribution is -2.13. The zero-order chi connectivity index (χ0) is 16.2. The van der Waals surface area contributed by atoms with Crippen molar-refractivity contribution in [3.05, 3.63) is 65.2 Å². The molecule has 0 aliphatic carbocycles. The average molecular weight is 304 g/mol. The van der Waals surface area contributed by atoms with Crippen LogP contribution in [0.2, 0.25) is 0 Å². The van der Waals surface area contributed by atoms with Crippen LogP contribution >= 0.6 is 0 Å². The highest BCUT2D eigenvalue weighted by Crippen LogP contribution is 2.30. The maximum Gasteiger partial charge on any atom is 0.266 e. The van der Waals surface area contributed by atoms with Crippen LogP contribution in [0.3, 0.4) is 0 Å². The van der Waals surface area contributed by atoms with Gasteiger partial charge in [0.25, 0.3) is 5.91 Å². The van der Waals surface area contributed by atoms with Crippen LogP contribution in [-0.2, 0) is 11.2 Å². The molecule has 2 aromatic rings. The van der Waals surface area contributed by atoms with Crippen LogP contribution in [0.5, 0.6) is 5.75 Å². The molecule has 4 heteroatoms. The standard InChI is InChI=1S/C19H16N2O2/c1-13-9-15-10-14(7-8-18(15)23-13)11-16(12-20)19(22)21-17-5-3-2-4-6-17/h2-8,10-11,13H,9H2,1H3,(H,21,22)/b16-11+/t13-/m1/s1. The summed E-state index contributed by atoms with van der Waals surface area (Å²) in [5.41, 5.74) is 2.66. The number of carbonyl (C=O) groups is 1. The maximum atomic E-state index is 12.2. The van der Waals surface area contributed by atoms with E-state index in [2.05, 4.69) is 5.32 Å². The molecule has 0 radical (unpaired) electrons. The average Bonchev–Trinajstić information content (AvgIpc) is 2.92. The Morgan fingerprint density at radius 2 is 2.09 bits per heavy atom. The van der Waals surface area contributed by atoms with E-state index in [-0.39, 0.29) is 11.7 Å². The molecule has 0 fully saturated rings. The number of hydrogen-bond donors (Lipinski definition) is 1. The van der Waals surface area contributed by atoms with Crippen LogP contribution in [0.25, 0.3) is 6.08 Å². The zero-order valence-corrected chi connectivity index (χ0v) is 12.7. The number of carbonyl (C=O) groups excluding carboxylic acids is 1. The molecule has 0 aromatic heterocycles. The van der Waals surface area contributed by atoms with Gasteiger partial charge in [-0.3, -0.25) is 4.79 Å². The summed E-state index contributed by atoms with van der Waals surface area (Å²) < 4.78 is 5.65. The number of nitrogens with zero attached hydrogens (tertiary/aromatic N) is 1. The number of amides is 1. The molecular weight excluding hydrogens is 288 g/mol. The summed E-state index contributed by atoms with van der Waals surface area (Å²) in [7, 11) is 0. The molecule has 1 atom stereocenters. The van der Waals surface area contributed by atoms with E-state index in [4.69, 9.17) is 4.74 Å². The Hall–Kier alpha value is -3.06. The van der Waals surface area contributed by atoms with Crippen molar-refractivity contribution >= 4 is 17.7 Å². The Morgan fingerprint density at radius 3 is 2.83 bits per heavy atom. The van der Waals surface area contributed by atoms with Gasteiger partial charge in [0.2, 0.25) is 0 Å². The van der Waals surface area contributed by atoms with Gasteiger partial charge in [-0.15, -0.1) is 0 Å². The summed E-state index contributed by atoms with van der Waals surface area (Å²) in [5, 5.41) is 12.0. The third-order valence-electron chi connectivity index (χ3n) is 3.63. The SMILES string of the molecule is C[C@@H]1Cc2cc(/C=C(\C#N)C(=O)Nc3ccccc3)ccc2O1. The van der Waals surface area contributed by atoms with Gasteiger partial charge in [-0.25, -0.2) is 0 Å². The van der Waals surface area contributed by atoms with Crippen molar-refractivity contribution in [3.63, 3.8) is 0 Å². The van der Waals surface area contributed by atoms with Crippen LogP contribution in [0, 0.1) is 11.3 Å². The smallest absolute Gasteiger partial charge is 0.266 e. The Morgan fingerprint density at radius 1 is 1.30 bits per heavy atom. The van der Waals surface area contributed by atoms with Crippen LogP contribution in [-0.4, -0.2) is 12.0 Å². The lowest BCUT2D eigenvalue weighted by Gasteiger charge is -2.04. The fraction of sp³-hybridized carbons (Fsp3) is 0.158. The minimum atomic E-state index is -0.413. The van der Waals surface area contributed by atoms with E-state index in [9.17, 15) is 10.1 Å². The Labute approximate surface area is 135 Å². The van der Waals surface area contributed by atoms with Gasteiger partial charge in [-0.2, -0.15) is 5.26 Å². The van der Waals surface area contributed by atoms with Crippen LogP contribution in [0.15, 0.2) is 54.1 Å². The molecule has 2 aromatic carbocycles. The second-order valence-electron chi connectivity index (χ2n) is 5.49. The summed E-state index contributed by atoms with van der Waals surface area (Å²) in [5.74, 6) is 0.464. The molecule has 1 aliphatic rings. The topological polar surface area (TPSA) is 62.1 Å². The number of benzene rings is 2. The van der Waals surface area contributed by atoms with Gasteiger partial charge in [-0.05, 0) is 48.4 Å². The molecule has 4 nitrogen and oxygen atoms in total. The highest BCUT2D eigenvalue weighted by molar-refractivity contribution is 6.09. The van der Waals surface area contributed by atoms with Crippen LogP contribution < -0.4 is 10.1 Å². The van der Waals surface area contributed by atoms with Crippen molar-refractivity contribution in [3.8, 4) is 11.8 Å². The van der Waals surface area contributed by atoms with Crippen molar-refractivity contribution in [1.82, 2.24) is 0 Å². The van der Waals surface area contributed by atoms with Crippen LogP contribution in [0.1, 0.15) is 18.1 Å². The normalized spacial score (nSPS) is 16.2. The third-order valence-corrected chi connectivity index (χ3v) is 3.63. The minimum Gasteiger partial charge on any atom is -0.490 e. The number of nitrogens with one attached hydrogen (secondary N) is 1. The van der Waals surface area contributed by atoms with E-state index in [1.165, 1.54) is 0 Å². The van der Waals surface area contributed by atoms with Crippen molar-refractivity contribution in [2.75, 3.05) is 5.32 Å². The highest BCUT2D eigenvalue weighted by Gasteiger charge is 2.19. The summed E-state index contributed by atoms with van der Waals surface area (Å²) >= 11 is 0. The van der Waals surface area contributed by atoms with Crippen molar-refractivity contribution in [2.45, 2.75) is 19.4 Å². The predicted octanol–water partition coefficient (Wildman–Crippen LogP) is 3.56. The molecule has 1 N–H and O–H groups in total. The first-order valence-electron chi connectivity index (χ1n) is 7.43. The summed E-state index contributed by atoms with van der Waals surface area (Å²) in [6.07, 6.45) is 2.61. The van der Waals surface area contributed by atoms with E-state index in [1.54, 1.807) is 18.2 Å². The maximum absolute atomic E-state index is 12.2. The van der Waals surface area contributed by atoms with E-state index >= 15 is 0 Å². The van der Waals surface area contributed by atoms with Gasteiger partial charge >= 0.3 is 0 Å². The molecule has 0 spiro atoms. The molecule has 0 unspecified atom stereocenters. The van der Waals surface area contributed by atoms with Gasteiger partial charge < -0.3 is 10.1 Å². The third kappa shape index (κ3) is 3.41. The van der Waals surface area contributed by atoms with Gasteiger partial charge in [0.05, 0.1) is 0 Å². The van der Waals surface area contributed by atoms with E-state index in [0.29, 0.717) is 5.69 Å². The minimum absolute atomic E-state index is 0.0702. The zero-order valence-electron chi connectivity index (χ0n) is 12.7. The first kappa shape index (κ1) is 14.9. The largest absolute Gasteiger partial charge is 0.490 e. The summed E-state index contributed by atoms with van der Waals surface area (Å²) in [6, 6.07) is 16.7. The second kappa shape index (κ2) is 6.37. The quantitative estimate of drug-likeness (QED) is 0.696. The van der Waals surface area contributed by atoms with E-state index < -0.39 is 5.91 Å². The monoisotopic (exact) mass is 304 g/mol. The lowest BCUT2D eigenvalue weighted by molar-refractivity contribution is -0.112. The van der Waals surface area contributed by atoms with E-state index in [0.717, 1.165) is 23.3 Å². The molecule has 3 rings (SSSR count). The molecule has 0 bridgehead atoms. The van der Waals surface area contributed by atoms with Gasteiger partial charge in [0, 0.05) is 12.1 Å². The van der Waals surface area contributed by atoms with Gasteiger partial charge in [-0.1, -0.05) is 24.3 Å². The number of para-hydroxylation sites is 1. The van der Waals surface area contributed by atoms with Gasteiger partial charge in [0.1, 0.15) is 23.5 Å². The molecule has 23 heavy (non-hydrogen) atoms. The summed E-state index contributed by atoms with van der Waals surface area (Å²) in [6.45, 7) is 2.02. The lowest BCUT2D eigenvalue weighted by atomic mass is 10.0. The number of anilines is 1. The van der Waals surface area contributed by atoms with Crippen LogP contribution in [0.4, 0.5) is 5.69 Å². The summed E-state index contributed by atoms with van der Waals surface area (Å²) in [4.78, 5) is 12.2. The molecular formula is C19H16N2O2. The van der Waals surface area contributed by atoms with E-state index in [1.807, 2.05) is 49.4 Å². The Balaban J connectivity index is 1.81. The van der Waals surface area contributed by atoms with Crippen molar-refractivity contribution in [2.24, 2.45) is 0 Å².